The lowest BCUT2D eigenvalue weighted by molar-refractivity contribution is 0.257. The van der Waals surface area contributed by atoms with Gasteiger partial charge in [-0.05, 0) is 56.4 Å². The number of nitrogens with two attached hydrogens (primary N) is 1. The van der Waals surface area contributed by atoms with E-state index in [1.807, 2.05) is 40.7 Å². The van der Waals surface area contributed by atoms with Crippen LogP contribution in [-0.2, 0) is 22.9 Å². The van der Waals surface area contributed by atoms with E-state index in [9.17, 15) is 8.42 Å². The number of nitrogen functional groups attached to an aromatic ring is 1. The van der Waals surface area contributed by atoms with Crippen LogP contribution in [0.15, 0.2) is 17.0 Å². The van der Waals surface area contributed by atoms with Gasteiger partial charge in [0.1, 0.15) is 0 Å². The van der Waals surface area contributed by atoms with Gasteiger partial charge < -0.3 is 5.73 Å². The van der Waals surface area contributed by atoms with Gasteiger partial charge in [0, 0.05) is 18.3 Å². The zero-order valence-electron chi connectivity index (χ0n) is 14.0. The molecular formula is C16H28N2O2S. The van der Waals surface area contributed by atoms with Crippen LogP contribution in [0.2, 0.25) is 0 Å². The van der Waals surface area contributed by atoms with Crippen LogP contribution in [-0.4, -0.2) is 25.3 Å². The predicted octanol–water partition coefficient (Wildman–Crippen LogP) is 3.20. The fourth-order valence-corrected chi connectivity index (χ4v) is 4.18. The molecule has 0 saturated heterocycles. The van der Waals surface area contributed by atoms with E-state index in [0.717, 1.165) is 18.4 Å². The summed E-state index contributed by atoms with van der Waals surface area (Å²) in [6.45, 7) is 9.79. The number of benzene rings is 1. The number of sulfonamides is 1. The van der Waals surface area contributed by atoms with Gasteiger partial charge in [-0.1, -0.05) is 20.8 Å². The number of anilines is 1. The highest BCUT2D eigenvalue weighted by Gasteiger charge is 2.34. The molecule has 0 bridgehead atoms. The van der Waals surface area contributed by atoms with Crippen LogP contribution in [0.5, 0.6) is 0 Å². The van der Waals surface area contributed by atoms with Crippen molar-refractivity contribution in [2.75, 3.05) is 12.8 Å². The molecule has 0 aromatic heterocycles. The van der Waals surface area contributed by atoms with Crippen LogP contribution in [0.1, 0.15) is 52.2 Å². The van der Waals surface area contributed by atoms with Gasteiger partial charge in [0.05, 0.1) is 4.90 Å². The SMILES string of the molecule is CCc1cc(N)c(CC)c(S(=O)(=O)N(C)C(C)(C)CC)c1. The zero-order chi connectivity index (χ0) is 16.4. The molecule has 0 aliphatic carbocycles. The summed E-state index contributed by atoms with van der Waals surface area (Å²) in [6.07, 6.45) is 2.11. The highest BCUT2D eigenvalue weighted by molar-refractivity contribution is 7.89. The summed E-state index contributed by atoms with van der Waals surface area (Å²) in [7, 11) is -1.91. The normalized spacial score (nSPS) is 12.9. The molecule has 1 aromatic rings. The molecule has 0 aliphatic rings. The van der Waals surface area contributed by atoms with Crippen molar-refractivity contribution in [1.82, 2.24) is 4.31 Å². The van der Waals surface area contributed by atoms with E-state index in [2.05, 4.69) is 0 Å². The lowest BCUT2D eigenvalue weighted by Crippen LogP contribution is -2.44. The summed E-state index contributed by atoms with van der Waals surface area (Å²) < 4.78 is 27.5. The summed E-state index contributed by atoms with van der Waals surface area (Å²) in [5, 5.41) is 0. The van der Waals surface area contributed by atoms with Gasteiger partial charge in [0.25, 0.3) is 0 Å². The minimum Gasteiger partial charge on any atom is -0.398 e. The third-order valence-corrected chi connectivity index (χ3v) is 6.56. The molecular weight excluding hydrogens is 284 g/mol. The Morgan fingerprint density at radius 1 is 1.14 bits per heavy atom. The predicted molar refractivity (Wildman–Crippen MR) is 88.9 cm³/mol. The van der Waals surface area contributed by atoms with Crippen molar-refractivity contribution in [3.05, 3.63) is 23.3 Å². The Morgan fingerprint density at radius 2 is 1.71 bits per heavy atom. The summed E-state index contributed by atoms with van der Waals surface area (Å²) in [5.41, 5.74) is 7.87. The molecule has 0 amide bonds. The monoisotopic (exact) mass is 312 g/mol. The number of hydrogen-bond acceptors (Lipinski definition) is 3. The number of aryl methyl sites for hydroxylation is 1. The van der Waals surface area contributed by atoms with Gasteiger partial charge in [-0.3, -0.25) is 0 Å². The van der Waals surface area contributed by atoms with Gasteiger partial charge in [0.15, 0.2) is 0 Å². The summed E-state index contributed by atoms with van der Waals surface area (Å²) in [5.74, 6) is 0. The molecule has 2 N–H and O–H groups in total. The van der Waals surface area contributed by atoms with Crippen LogP contribution < -0.4 is 5.73 Å². The molecule has 5 heteroatoms. The second-order valence-electron chi connectivity index (χ2n) is 6.01. The molecule has 1 rings (SSSR count). The third kappa shape index (κ3) is 3.40. The third-order valence-electron chi connectivity index (χ3n) is 4.42. The van der Waals surface area contributed by atoms with E-state index >= 15 is 0 Å². The van der Waals surface area contributed by atoms with Gasteiger partial charge >= 0.3 is 0 Å². The Kier molecular flexibility index (Phi) is 5.45. The lowest BCUT2D eigenvalue weighted by atomic mass is 10.0. The van der Waals surface area contributed by atoms with Gasteiger partial charge in [-0.25, -0.2) is 8.42 Å². The molecule has 0 atom stereocenters. The van der Waals surface area contributed by atoms with Crippen LogP contribution in [0.4, 0.5) is 5.69 Å². The van der Waals surface area contributed by atoms with Crippen molar-refractivity contribution in [3.8, 4) is 0 Å². The van der Waals surface area contributed by atoms with Crippen molar-refractivity contribution < 1.29 is 8.42 Å². The molecule has 4 nitrogen and oxygen atoms in total. The van der Waals surface area contributed by atoms with Crippen LogP contribution in [0.3, 0.4) is 0 Å². The second-order valence-corrected chi connectivity index (χ2v) is 7.95. The van der Waals surface area contributed by atoms with Crippen LogP contribution >= 0.6 is 0 Å². The number of rotatable bonds is 6. The Balaban J connectivity index is 3.54. The standard InChI is InChI=1S/C16H28N2O2S/c1-7-12-10-14(17)13(8-2)15(11-12)21(19,20)18(6)16(4,5)9-3/h10-11H,7-9,17H2,1-6H3. The highest BCUT2D eigenvalue weighted by atomic mass is 32.2. The number of nitrogens with zero attached hydrogens (tertiary/aromatic N) is 1. The van der Waals surface area contributed by atoms with Gasteiger partial charge in [0.2, 0.25) is 10.0 Å². The Hall–Kier alpha value is -1.07. The molecule has 0 aliphatic heterocycles. The molecule has 120 valence electrons. The quantitative estimate of drug-likeness (QED) is 0.820. The van der Waals surface area contributed by atoms with Gasteiger partial charge in [-0.2, -0.15) is 4.31 Å². The Bertz CT molecular complexity index is 607. The van der Waals surface area contributed by atoms with Crippen molar-refractivity contribution in [2.24, 2.45) is 0 Å². The smallest absolute Gasteiger partial charge is 0.243 e. The molecule has 0 spiro atoms. The topological polar surface area (TPSA) is 63.4 Å². The molecule has 0 fully saturated rings. The van der Waals surface area contributed by atoms with E-state index in [4.69, 9.17) is 5.73 Å². The first kappa shape index (κ1) is 18.0. The minimum absolute atomic E-state index is 0.353. The van der Waals surface area contributed by atoms with Crippen molar-refractivity contribution >= 4 is 15.7 Å². The maximum atomic E-state index is 13.0. The molecule has 0 saturated carbocycles. The summed E-state index contributed by atoms with van der Waals surface area (Å²) in [4.78, 5) is 0.353. The maximum Gasteiger partial charge on any atom is 0.243 e. The van der Waals surface area contributed by atoms with E-state index in [1.54, 1.807) is 13.1 Å². The first-order chi connectivity index (χ1) is 9.61. The van der Waals surface area contributed by atoms with E-state index in [0.29, 0.717) is 22.6 Å². The average molecular weight is 312 g/mol. The van der Waals surface area contributed by atoms with Crippen LogP contribution in [0, 0.1) is 0 Å². The first-order valence-corrected chi connectivity index (χ1v) is 8.96. The maximum absolute atomic E-state index is 13.0. The second kappa shape index (κ2) is 6.36. The Labute approximate surface area is 129 Å². The lowest BCUT2D eigenvalue weighted by Gasteiger charge is -2.34. The van der Waals surface area contributed by atoms with E-state index < -0.39 is 15.6 Å². The van der Waals surface area contributed by atoms with Crippen molar-refractivity contribution in [3.63, 3.8) is 0 Å². The highest BCUT2D eigenvalue weighted by Crippen LogP contribution is 2.31. The average Bonchev–Trinajstić information content (AvgIpc) is 2.45. The fourth-order valence-electron chi connectivity index (χ4n) is 2.23. The van der Waals surface area contributed by atoms with Gasteiger partial charge in [-0.15, -0.1) is 0 Å². The van der Waals surface area contributed by atoms with E-state index in [-0.39, 0.29) is 0 Å². The fraction of sp³-hybridized carbons (Fsp3) is 0.625. The Morgan fingerprint density at radius 3 is 2.14 bits per heavy atom. The molecule has 0 unspecified atom stereocenters. The van der Waals surface area contributed by atoms with E-state index in [1.165, 1.54) is 4.31 Å². The molecule has 1 aromatic carbocycles. The molecule has 21 heavy (non-hydrogen) atoms. The summed E-state index contributed by atoms with van der Waals surface area (Å²) in [6, 6.07) is 3.65. The van der Waals surface area contributed by atoms with Crippen molar-refractivity contribution in [2.45, 2.75) is 64.3 Å². The zero-order valence-corrected chi connectivity index (χ0v) is 14.8. The molecule has 0 radical (unpaired) electrons. The summed E-state index contributed by atoms with van der Waals surface area (Å²) >= 11 is 0. The largest absolute Gasteiger partial charge is 0.398 e. The molecule has 0 heterocycles. The van der Waals surface area contributed by atoms with Crippen LogP contribution in [0.25, 0.3) is 0 Å². The minimum atomic E-state index is -3.55. The number of hydrogen-bond donors (Lipinski definition) is 1. The first-order valence-electron chi connectivity index (χ1n) is 7.52. The van der Waals surface area contributed by atoms with Crippen molar-refractivity contribution in [1.29, 1.82) is 0 Å².